The lowest BCUT2D eigenvalue weighted by molar-refractivity contribution is -0.118. The van der Waals surface area contributed by atoms with E-state index in [-0.39, 0.29) is 17.1 Å². The second kappa shape index (κ2) is 6.52. The van der Waals surface area contributed by atoms with Gasteiger partial charge in [0.1, 0.15) is 5.75 Å². The summed E-state index contributed by atoms with van der Waals surface area (Å²) in [5, 5.41) is 11.9. The first-order valence-electron chi connectivity index (χ1n) is 6.44. The number of phenols is 1. The molecule has 0 aliphatic carbocycles. The van der Waals surface area contributed by atoms with Crippen molar-refractivity contribution in [3.8, 4) is 5.75 Å². The highest BCUT2D eigenvalue weighted by Gasteiger charge is 2.14. The third-order valence-corrected chi connectivity index (χ3v) is 2.86. The molecule has 0 heterocycles. The molecule has 0 aliphatic rings. The fourth-order valence-corrected chi connectivity index (χ4v) is 1.78. The molecule has 0 spiro atoms. The van der Waals surface area contributed by atoms with E-state index in [2.05, 4.69) is 5.32 Å². The summed E-state index contributed by atoms with van der Waals surface area (Å²) < 4.78 is 0. The number of amides is 1. The van der Waals surface area contributed by atoms with E-state index in [1.165, 1.54) is 25.1 Å². The Morgan fingerprint density at radius 1 is 1.00 bits per heavy atom. The van der Waals surface area contributed by atoms with E-state index in [0.29, 0.717) is 11.3 Å². The fraction of sp³-hybridized carbons (Fsp3) is 0.0588. The molecule has 4 nitrogen and oxygen atoms in total. The normalized spacial score (nSPS) is 11.0. The number of benzene rings is 2. The number of para-hydroxylation sites is 1. The van der Waals surface area contributed by atoms with Gasteiger partial charge in [-0.2, -0.15) is 0 Å². The van der Waals surface area contributed by atoms with Crippen molar-refractivity contribution in [2.24, 2.45) is 0 Å². The molecule has 0 fully saturated rings. The predicted molar refractivity (Wildman–Crippen MR) is 81.8 cm³/mol. The van der Waals surface area contributed by atoms with Crippen molar-refractivity contribution < 1.29 is 14.7 Å². The Kier molecular flexibility index (Phi) is 4.51. The summed E-state index contributed by atoms with van der Waals surface area (Å²) in [6, 6.07) is 15.2. The van der Waals surface area contributed by atoms with Crippen LogP contribution in [0.3, 0.4) is 0 Å². The maximum atomic E-state index is 12.2. The van der Waals surface area contributed by atoms with Crippen molar-refractivity contribution in [1.82, 2.24) is 0 Å². The van der Waals surface area contributed by atoms with Crippen LogP contribution < -0.4 is 5.32 Å². The Balaban J connectivity index is 2.24. The molecule has 0 saturated heterocycles. The van der Waals surface area contributed by atoms with Gasteiger partial charge in [0.15, 0.2) is 5.78 Å². The summed E-state index contributed by atoms with van der Waals surface area (Å²) in [7, 11) is 0. The minimum atomic E-state index is -0.457. The van der Waals surface area contributed by atoms with Crippen LogP contribution in [-0.2, 0) is 9.59 Å². The summed E-state index contributed by atoms with van der Waals surface area (Å²) >= 11 is 0. The van der Waals surface area contributed by atoms with E-state index in [1.54, 1.807) is 36.4 Å². The molecule has 2 aromatic rings. The highest BCUT2D eigenvalue weighted by molar-refractivity contribution is 6.25. The van der Waals surface area contributed by atoms with E-state index >= 15 is 0 Å². The zero-order valence-corrected chi connectivity index (χ0v) is 11.5. The molecule has 21 heavy (non-hydrogen) atoms. The molecule has 0 unspecified atom stereocenters. The van der Waals surface area contributed by atoms with Crippen molar-refractivity contribution in [2.75, 3.05) is 5.32 Å². The predicted octanol–water partition coefficient (Wildman–Crippen LogP) is 3.00. The molecule has 0 aliphatic heterocycles. The second-order valence-electron chi connectivity index (χ2n) is 4.53. The van der Waals surface area contributed by atoms with Crippen LogP contribution in [0.25, 0.3) is 6.08 Å². The number of Topliss-reactive ketones (excluding diaryl/α,β-unsaturated/α-hetero) is 1. The largest absolute Gasteiger partial charge is 0.508 e. The van der Waals surface area contributed by atoms with Gasteiger partial charge in [-0.25, -0.2) is 0 Å². The van der Waals surface area contributed by atoms with Crippen molar-refractivity contribution in [1.29, 1.82) is 0 Å². The molecule has 2 rings (SSSR count). The summed E-state index contributed by atoms with van der Waals surface area (Å²) in [5.41, 5.74) is 1.35. The Hall–Kier alpha value is -2.88. The molecular formula is C17H15NO3. The number of aromatic hydroxyl groups is 1. The number of phenolic OH excluding ortho intramolecular Hbond substituents is 1. The number of carbonyl (C=O) groups is 2. The van der Waals surface area contributed by atoms with Gasteiger partial charge in [0.05, 0.1) is 5.57 Å². The average Bonchev–Trinajstić information content (AvgIpc) is 2.47. The first kappa shape index (κ1) is 14.5. The fourth-order valence-electron chi connectivity index (χ4n) is 1.78. The maximum absolute atomic E-state index is 12.2. The minimum absolute atomic E-state index is 0.0598. The number of hydrogen-bond donors (Lipinski definition) is 2. The first-order valence-corrected chi connectivity index (χ1v) is 6.44. The number of anilines is 1. The van der Waals surface area contributed by atoms with E-state index in [4.69, 9.17) is 0 Å². The van der Waals surface area contributed by atoms with Gasteiger partial charge in [0, 0.05) is 5.69 Å². The lowest BCUT2D eigenvalue weighted by Crippen LogP contribution is -2.18. The number of nitrogens with one attached hydrogen (secondary N) is 1. The van der Waals surface area contributed by atoms with E-state index < -0.39 is 5.91 Å². The van der Waals surface area contributed by atoms with Crippen LogP contribution in [0.1, 0.15) is 12.5 Å². The highest BCUT2D eigenvalue weighted by atomic mass is 16.3. The van der Waals surface area contributed by atoms with Crippen LogP contribution in [0.4, 0.5) is 5.69 Å². The van der Waals surface area contributed by atoms with Gasteiger partial charge < -0.3 is 10.4 Å². The molecular weight excluding hydrogens is 266 g/mol. The molecule has 106 valence electrons. The molecule has 0 aromatic heterocycles. The van der Waals surface area contributed by atoms with Crippen LogP contribution in [0.5, 0.6) is 5.75 Å². The SMILES string of the molecule is CC(=O)C(=Cc1ccc(O)cc1)C(=O)Nc1ccccc1. The molecule has 2 N–H and O–H groups in total. The highest BCUT2D eigenvalue weighted by Crippen LogP contribution is 2.15. The van der Waals surface area contributed by atoms with Gasteiger partial charge in [-0.1, -0.05) is 30.3 Å². The van der Waals surface area contributed by atoms with Crippen LogP contribution in [0.2, 0.25) is 0 Å². The molecule has 2 aromatic carbocycles. The first-order chi connectivity index (χ1) is 10.1. The van der Waals surface area contributed by atoms with Crippen LogP contribution in [0.15, 0.2) is 60.2 Å². The summed E-state index contributed by atoms with van der Waals surface area (Å²) in [5.74, 6) is -0.649. The smallest absolute Gasteiger partial charge is 0.259 e. The van der Waals surface area contributed by atoms with E-state index in [9.17, 15) is 14.7 Å². The van der Waals surface area contributed by atoms with Crippen molar-refractivity contribution in [3.05, 3.63) is 65.7 Å². The molecule has 4 heteroatoms. The third kappa shape index (κ3) is 4.04. The Morgan fingerprint density at radius 3 is 2.19 bits per heavy atom. The van der Waals surface area contributed by atoms with Gasteiger partial charge in [-0.3, -0.25) is 9.59 Å². The topological polar surface area (TPSA) is 66.4 Å². The second-order valence-corrected chi connectivity index (χ2v) is 4.53. The number of hydrogen-bond acceptors (Lipinski definition) is 3. The van der Waals surface area contributed by atoms with E-state index in [0.717, 1.165) is 0 Å². The van der Waals surface area contributed by atoms with Crippen molar-refractivity contribution in [2.45, 2.75) is 6.92 Å². The molecule has 0 saturated carbocycles. The summed E-state index contributed by atoms with van der Waals surface area (Å²) in [6.07, 6.45) is 1.50. The Morgan fingerprint density at radius 2 is 1.62 bits per heavy atom. The Labute approximate surface area is 122 Å². The standard InChI is InChI=1S/C17H15NO3/c1-12(19)16(11-13-7-9-15(20)10-8-13)17(21)18-14-5-3-2-4-6-14/h2-11,20H,1H3,(H,18,21). The van der Waals surface area contributed by atoms with Crippen molar-refractivity contribution >= 4 is 23.5 Å². The maximum Gasteiger partial charge on any atom is 0.259 e. The lowest BCUT2D eigenvalue weighted by atomic mass is 10.1. The monoisotopic (exact) mass is 281 g/mol. The third-order valence-electron chi connectivity index (χ3n) is 2.86. The number of rotatable bonds is 4. The average molecular weight is 281 g/mol. The van der Waals surface area contributed by atoms with Crippen LogP contribution >= 0.6 is 0 Å². The van der Waals surface area contributed by atoms with Gasteiger partial charge in [0.25, 0.3) is 5.91 Å². The van der Waals surface area contributed by atoms with Gasteiger partial charge in [-0.05, 0) is 42.8 Å². The molecule has 1 amide bonds. The van der Waals surface area contributed by atoms with Crippen LogP contribution in [-0.4, -0.2) is 16.8 Å². The lowest BCUT2D eigenvalue weighted by Gasteiger charge is -2.06. The molecule has 0 radical (unpaired) electrons. The molecule has 0 bridgehead atoms. The van der Waals surface area contributed by atoms with Crippen LogP contribution in [0, 0.1) is 0 Å². The van der Waals surface area contributed by atoms with Gasteiger partial charge >= 0.3 is 0 Å². The number of carbonyl (C=O) groups excluding carboxylic acids is 2. The Bertz CT molecular complexity index is 673. The zero-order valence-electron chi connectivity index (χ0n) is 11.5. The quantitative estimate of drug-likeness (QED) is 0.514. The molecule has 0 atom stereocenters. The number of ketones is 1. The summed E-state index contributed by atoms with van der Waals surface area (Å²) in [4.78, 5) is 23.8. The summed E-state index contributed by atoms with van der Waals surface area (Å²) in [6.45, 7) is 1.34. The van der Waals surface area contributed by atoms with Gasteiger partial charge in [-0.15, -0.1) is 0 Å². The van der Waals surface area contributed by atoms with E-state index in [1.807, 2.05) is 6.07 Å². The van der Waals surface area contributed by atoms with Crippen molar-refractivity contribution in [3.63, 3.8) is 0 Å². The minimum Gasteiger partial charge on any atom is -0.508 e. The van der Waals surface area contributed by atoms with Gasteiger partial charge in [0.2, 0.25) is 0 Å². The zero-order chi connectivity index (χ0) is 15.2.